The molecule has 4 nitrogen and oxygen atoms in total. The fourth-order valence-corrected chi connectivity index (χ4v) is 2.62. The molecule has 1 aromatic carbocycles. The fourth-order valence-electron chi connectivity index (χ4n) is 1.76. The van der Waals surface area contributed by atoms with E-state index in [2.05, 4.69) is 5.32 Å². The van der Waals surface area contributed by atoms with Gasteiger partial charge in [0.1, 0.15) is 0 Å². The van der Waals surface area contributed by atoms with Gasteiger partial charge >= 0.3 is 0 Å². The van der Waals surface area contributed by atoms with Crippen molar-refractivity contribution in [3.05, 3.63) is 35.9 Å². The zero-order chi connectivity index (χ0) is 14.5. The van der Waals surface area contributed by atoms with Gasteiger partial charge in [0.2, 0.25) is 0 Å². The van der Waals surface area contributed by atoms with Crippen molar-refractivity contribution in [1.29, 1.82) is 0 Å². The van der Waals surface area contributed by atoms with Gasteiger partial charge in [-0.25, -0.2) is 8.42 Å². The van der Waals surface area contributed by atoms with E-state index < -0.39 is 15.4 Å². The molecule has 0 heterocycles. The maximum atomic E-state index is 11.7. The van der Waals surface area contributed by atoms with Crippen LogP contribution in [-0.2, 0) is 15.4 Å². The van der Waals surface area contributed by atoms with Crippen LogP contribution in [0.4, 0.5) is 0 Å². The Morgan fingerprint density at radius 3 is 2.32 bits per heavy atom. The quantitative estimate of drug-likeness (QED) is 0.792. The Hall–Kier alpha value is -0.910. The van der Waals surface area contributed by atoms with E-state index in [1.54, 1.807) is 13.8 Å². The van der Waals surface area contributed by atoms with E-state index in [0.29, 0.717) is 6.54 Å². The van der Waals surface area contributed by atoms with Gasteiger partial charge in [-0.15, -0.1) is 0 Å². The molecule has 19 heavy (non-hydrogen) atoms. The van der Waals surface area contributed by atoms with Crippen LogP contribution >= 0.6 is 0 Å². The Kier molecular flexibility index (Phi) is 5.52. The molecule has 0 bridgehead atoms. The van der Waals surface area contributed by atoms with Gasteiger partial charge < -0.3 is 10.4 Å². The van der Waals surface area contributed by atoms with Gasteiger partial charge in [-0.2, -0.15) is 0 Å². The standard InChI is InChI=1S/C14H23NO3S/c1-12(2)19(17,18)10-9-15-14(3,11-16)13-7-5-4-6-8-13/h4-8,12,15-16H,9-11H2,1-3H3. The van der Waals surface area contributed by atoms with E-state index in [0.717, 1.165) is 5.56 Å². The summed E-state index contributed by atoms with van der Waals surface area (Å²) in [6.07, 6.45) is 0. The van der Waals surface area contributed by atoms with Gasteiger partial charge in [-0.05, 0) is 26.3 Å². The first kappa shape index (κ1) is 16.1. The van der Waals surface area contributed by atoms with Crippen molar-refractivity contribution in [3.63, 3.8) is 0 Å². The molecule has 0 saturated carbocycles. The van der Waals surface area contributed by atoms with Crippen LogP contribution in [0.3, 0.4) is 0 Å². The van der Waals surface area contributed by atoms with Crippen molar-refractivity contribution in [2.45, 2.75) is 31.6 Å². The molecule has 1 atom stereocenters. The summed E-state index contributed by atoms with van der Waals surface area (Å²) in [5.41, 5.74) is 0.327. The number of rotatable bonds is 7. The first-order valence-electron chi connectivity index (χ1n) is 6.45. The Balaban J connectivity index is 2.69. The van der Waals surface area contributed by atoms with Crippen molar-refractivity contribution in [3.8, 4) is 0 Å². The van der Waals surface area contributed by atoms with E-state index in [1.807, 2.05) is 37.3 Å². The Morgan fingerprint density at radius 1 is 1.26 bits per heavy atom. The number of sulfone groups is 1. The highest BCUT2D eigenvalue weighted by Crippen LogP contribution is 2.19. The van der Waals surface area contributed by atoms with Gasteiger partial charge in [0.25, 0.3) is 0 Å². The van der Waals surface area contributed by atoms with Crippen molar-refractivity contribution < 1.29 is 13.5 Å². The number of hydrogen-bond acceptors (Lipinski definition) is 4. The lowest BCUT2D eigenvalue weighted by Crippen LogP contribution is -2.45. The topological polar surface area (TPSA) is 66.4 Å². The third-order valence-electron chi connectivity index (χ3n) is 3.35. The number of hydrogen-bond donors (Lipinski definition) is 2. The summed E-state index contributed by atoms with van der Waals surface area (Å²) in [6.45, 7) is 5.46. The van der Waals surface area contributed by atoms with Crippen LogP contribution in [0.1, 0.15) is 26.3 Å². The molecule has 2 N–H and O–H groups in total. The molecule has 0 fully saturated rings. The fraction of sp³-hybridized carbons (Fsp3) is 0.571. The molecule has 108 valence electrons. The molecular formula is C14H23NO3S. The van der Waals surface area contributed by atoms with E-state index in [1.165, 1.54) is 0 Å². The Morgan fingerprint density at radius 2 is 1.84 bits per heavy atom. The van der Waals surface area contributed by atoms with Crippen LogP contribution < -0.4 is 5.32 Å². The molecule has 5 heteroatoms. The monoisotopic (exact) mass is 285 g/mol. The maximum absolute atomic E-state index is 11.7. The van der Waals surface area contributed by atoms with Crippen LogP contribution in [0, 0.1) is 0 Å². The maximum Gasteiger partial charge on any atom is 0.153 e. The molecule has 0 radical (unpaired) electrons. The second-order valence-electron chi connectivity index (χ2n) is 5.20. The molecule has 0 saturated heterocycles. The summed E-state index contributed by atoms with van der Waals surface area (Å²) >= 11 is 0. The zero-order valence-electron chi connectivity index (χ0n) is 11.8. The van der Waals surface area contributed by atoms with E-state index in [-0.39, 0.29) is 17.6 Å². The van der Waals surface area contributed by atoms with Gasteiger partial charge in [0.05, 0.1) is 23.1 Å². The Bertz CT molecular complexity index is 485. The lowest BCUT2D eigenvalue weighted by atomic mass is 9.93. The minimum Gasteiger partial charge on any atom is -0.394 e. The summed E-state index contributed by atoms with van der Waals surface area (Å²) in [6, 6.07) is 9.54. The summed E-state index contributed by atoms with van der Waals surface area (Å²) in [5, 5.41) is 12.3. The molecule has 0 spiro atoms. The molecule has 1 unspecified atom stereocenters. The third-order valence-corrected chi connectivity index (χ3v) is 5.56. The van der Waals surface area contributed by atoms with Crippen molar-refractivity contribution in [1.82, 2.24) is 5.32 Å². The molecule has 0 aliphatic heterocycles. The zero-order valence-corrected chi connectivity index (χ0v) is 12.6. The molecule has 0 aromatic heterocycles. The predicted octanol–water partition coefficient (Wildman–Crippen LogP) is 1.31. The van der Waals surface area contributed by atoms with Crippen LogP contribution in [0.15, 0.2) is 30.3 Å². The highest BCUT2D eigenvalue weighted by molar-refractivity contribution is 7.92. The number of nitrogens with one attached hydrogen (secondary N) is 1. The summed E-state index contributed by atoms with van der Waals surface area (Å²) < 4.78 is 23.5. The molecule has 0 aliphatic carbocycles. The van der Waals surface area contributed by atoms with Gasteiger partial charge in [-0.3, -0.25) is 0 Å². The molecule has 0 aliphatic rings. The minimum absolute atomic E-state index is 0.0765. The largest absolute Gasteiger partial charge is 0.394 e. The Labute approximate surface area is 115 Å². The number of aliphatic hydroxyl groups is 1. The van der Waals surface area contributed by atoms with Gasteiger partial charge in [-0.1, -0.05) is 30.3 Å². The normalized spacial score (nSPS) is 15.4. The van der Waals surface area contributed by atoms with Crippen LogP contribution in [0.2, 0.25) is 0 Å². The van der Waals surface area contributed by atoms with E-state index in [9.17, 15) is 13.5 Å². The summed E-state index contributed by atoms with van der Waals surface area (Å²) in [4.78, 5) is 0. The van der Waals surface area contributed by atoms with Crippen LogP contribution in [-0.4, -0.2) is 37.7 Å². The second kappa shape index (κ2) is 6.50. The third kappa shape index (κ3) is 4.30. The lowest BCUT2D eigenvalue weighted by molar-refractivity contribution is 0.177. The lowest BCUT2D eigenvalue weighted by Gasteiger charge is -2.29. The van der Waals surface area contributed by atoms with Gasteiger partial charge in [0, 0.05) is 6.54 Å². The predicted molar refractivity (Wildman–Crippen MR) is 77.8 cm³/mol. The summed E-state index contributed by atoms with van der Waals surface area (Å²) in [7, 11) is -3.06. The SMILES string of the molecule is CC(C)S(=O)(=O)CCNC(C)(CO)c1ccccc1. The average Bonchev–Trinajstić information content (AvgIpc) is 2.39. The van der Waals surface area contributed by atoms with Crippen molar-refractivity contribution in [2.24, 2.45) is 0 Å². The number of benzene rings is 1. The highest BCUT2D eigenvalue weighted by atomic mass is 32.2. The molecule has 0 amide bonds. The first-order valence-corrected chi connectivity index (χ1v) is 8.16. The summed E-state index contributed by atoms with van der Waals surface area (Å²) in [5.74, 6) is 0.0765. The van der Waals surface area contributed by atoms with E-state index in [4.69, 9.17) is 0 Å². The van der Waals surface area contributed by atoms with Crippen LogP contribution in [0.25, 0.3) is 0 Å². The second-order valence-corrected chi connectivity index (χ2v) is 7.88. The van der Waals surface area contributed by atoms with Crippen molar-refractivity contribution in [2.75, 3.05) is 18.9 Å². The molecular weight excluding hydrogens is 262 g/mol. The number of aliphatic hydroxyl groups excluding tert-OH is 1. The smallest absolute Gasteiger partial charge is 0.153 e. The van der Waals surface area contributed by atoms with Gasteiger partial charge in [0.15, 0.2) is 9.84 Å². The first-order chi connectivity index (χ1) is 8.82. The minimum atomic E-state index is -3.06. The van der Waals surface area contributed by atoms with E-state index >= 15 is 0 Å². The van der Waals surface area contributed by atoms with Crippen molar-refractivity contribution >= 4 is 9.84 Å². The molecule has 1 rings (SSSR count). The highest BCUT2D eigenvalue weighted by Gasteiger charge is 2.26. The molecule has 1 aromatic rings. The average molecular weight is 285 g/mol. The van der Waals surface area contributed by atoms with Crippen LogP contribution in [0.5, 0.6) is 0 Å².